The first kappa shape index (κ1) is 9.72. The van der Waals surface area contributed by atoms with Gasteiger partial charge in [0, 0.05) is 6.20 Å². The van der Waals surface area contributed by atoms with E-state index in [1.54, 1.807) is 0 Å². The largest absolute Gasteiger partial charge is 0.465 e. The monoisotopic (exact) mass is 226 g/mol. The van der Waals surface area contributed by atoms with Crippen molar-refractivity contribution >= 4 is 29.2 Å². The molecule has 15 heavy (non-hydrogen) atoms. The van der Waals surface area contributed by atoms with Gasteiger partial charge in [-0.1, -0.05) is 11.6 Å². The second kappa shape index (κ2) is 3.39. The number of methoxy groups -OCH3 is 1. The van der Waals surface area contributed by atoms with Gasteiger partial charge in [0.2, 0.25) is 5.95 Å². The molecule has 0 aliphatic heterocycles. The van der Waals surface area contributed by atoms with Gasteiger partial charge in [-0.25, -0.2) is 9.31 Å². The Bertz CT molecular complexity index is 537. The number of hydrogen-bond donors (Lipinski definition) is 1. The minimum Gasteiger partial charge on any atom is -0.465 e. The Morgan fingerprint density at radius 2 is 2.40 bits per heavy atom. The van der Waals surface area contributed by atoms with Gasteiger partial charge in [-0.3, -0.25) is 0 Å². The fourth-order valence-corrected chi connectivity index (χ4v) is 1.44. The molecular weight excluding hydrogens is 220 g/mol. The summed E-state index contributed by atoms with van der Waals surface area (Å²) in [5, 5.41) is 4.14. The number of anilines is 1. The standard InChI is InChI=1S/C8H7ClN4O2/c1-15-7(14)4-2-5(9)6-11-8(10)12-13(6)3-4/h2-3H,1H3,(H2,10,12). The van der Waals surface area contributed by atoms with Gasteiger partial charge in [0.1, 0.15) is 0 Å². The van der Waals surface area contributed by atoms with E-state index < -0.39 is 5.97 Å². The van der Waals surface area contributed by atoms with E-state index >= 15 is 0 Å². The van der Waals surface area contributed by atoms with E-state index in [1.165, 1.54) is 23.9 Å². The molecule has 0 atom stereocenters. The summed E-state index contributed by atoms with van der Waals surface area (Å²) < 4.78 is 5.89. The highest BCUT2D eigenvalue weighted by Crippen LogP contribution is 2.18. The molecule has 6 nitrogen and oxygen atoms in total. The van der Waals surface area contributed by atoms with Gasteiger partial charge in [-0.2, -0.15) is 4.98 Å². The van der Waals surface area contributed by atoms with E-state index in [2.05, 4.69) is 14.8 Å². The van der Waals surface area contributed by atoms with Crippen molar-refractivity contribution in [1.82, 2.24) is 14.6 Å². The highest BCUT2D eigenvalue weighted by molar-refractivity contribution is 6.33. The van der Waals surface area contributed by atoms with Crippen molar-refractivity contribution in [3.05, 3.63) is 22.8 Å². The molecule has 0 bridgehead atoms. The molecule has 0 radical (unpaired) electrons. The van der Waals surface area contributed by atoms with E-state index in [9.17, 15) is 4.79 Å². The Morgan fingerprint density at radius 3 is 3.07 bits per heavy atom. The van der Waals surface area contributed by atoms with Crippen molar-refractivity contribution < 1.29 is 9.53 Å². The van der Waals surface area contributed by atoms with Crippen molar-refractivity contribution in [2.75, 3.05) is 12.8 Å². The molecule has 0 fully saturated rings. The first-order chi connectivity index (χ1) is 7.11. The Morgan fingerprint density at radius 1 is 1.67 bits per heavy atom. The lowest BCUT2D eigenvalue weighted by Crippen LogP contribution is -2.03. The number of carbonyl (C=O) groups is 1. The molecule has 0 aliphatic carbocycles. The van der Waals surface area contributed by atoms with E-state index in [0.717, 1.165) is 0 Å². The van der Waals surface area contributed by atoms with Crippen LogP contribution in [-0.2, 0) is 4.74 Å². The van der Waals surface area contributed by atoms with Gasteiger partial charge < -0.3 is 10.5 Å². The van der Waals surface area contributed by atoms with E-state index in [1.807, 2.05) is 0 Å². The molecule has 0 amide bonds. The number of halogens is 1. The SMILES string of the molecule is COC(=O)c1cc(Cl)c2nc(N)nn2c1. The molecule has 2 heterocycles. The Balaban J connectivity index is 2.66. The Kier molecular flexibility index (Phi) is 2.20. The molecule has 0 spiro atoms. The topological polar surface area (TPSA) is 82.5 Å². The fourth-order valence-electron chi connectivity index (χ4n) is 1.19. The molecule has 2 aromatic heterocycles. The number of nitrogens with two attached hydrogens (primary N) is 1. The van der Waals surface area contributed by atoms with Gasteiger partial charge in [0.05, 0.1) is 17.7 Å². The van der Waals surface area contributed by atoms with Crippen molar-refractivity contribution in [2.45, 2.75) is 0 Å². The van der Waals surface area contributed by atoms with E-state index in [4.69, 9.17) is 17.3 Å². The van der Waals surface area contributed by atoms with Crippen LogP contribution in [0.25, 0.3) is 5.65 Å². The summed E-state index contributed by atoms with van der Waals surface area (Å²) in [6.07, 6.45) is 1.45. The van der Waals surface area contributed by atoms with Gasteiger partial charge in [-0.15, -0.1) is 5.10 Å². The predicted molar refractivity (Wildman–Crippen MR) is 53.7 cm³/mol. The van der Waals surface area contributed by atoms with Crippen LogP contribution in [0.4, 0.5) is 5.95 Å². The number of hydrogen-bond acceptors (Lipinski definition) is 5. The van der Waals surface area contributed by atoms with Gasteiger partial charge in [0.15, 0.2) is 5.65 Å². The van der Waals surface area contributed by atoms with Crippen LogP contribution in [0.15, 0.2) is 12.3 Å². The summed E-state index contributed by atoms with van der Waals surface area (Å²) in [7, 11) is 1.29. The highest BCUT2D eigenvalue weighted by Gasteiger charge is 2.12. The second-order valence-electron chi connectivity index (χ2n) is 2.81. The normalized spacial score (nSPS) is 10.5. The summed E-state index contributed by atoms with van der Waals surface area (Å²) in [5.41, 5.74) is 6.10. The van der Waals surface area contributed by atoms with Crippen LogP contribution in [-0.4, -0.2) is 27.7 Å². The minimum atomic E-state index is -0.493. The first-order valence-corrected chi connectivity index (χ1v) is 4.39. The average Bonchev–Trinajstić information content (AvgIpc) is 2.58. The molecule has 2 aromatic rings. The summed E-state index contributed by atoms with van der Waals surface area (Å²) in [6, 6.07) is 1.46. The molecule has 0 aliphatic rings. The number of esters is 1. The summed E-state index contributed by atoms with van der Waals surface area (Å²) >= 11 is 5.89. The average molecular weight is 227 g/mol. The Labute approximate surface area is 89.6 Å². The number of carbonyl (C=O) groups excluding carboxylic acids is 1. The third kappa shape index (κ3) is 1.59. The van der Waals surface area contributed by atoms with Gasteiger partial charge in [0.25, 0.3) is 0 Å². The van der Waals surface area contributed by atoms with Crippen molar-refractivity contribution in [3.63, 3.8) is 0 Å². The molecule has 0 saturated heterocycles. The molecule has 0 aromatic carbocycles. The molecular formula is C8H7ClN4O2. The Hall–Kier alpha value is -1.82. The van der Waals surface area contributed by atoms with Crippen LogP contribution in [0, 0.1) is 0 Å². The maximum Gasteiger partial charge on any atom is 0.339 e. The highest BCUT2D eigenvalue weighted by atomic mass is 35.5. The lowest BCUT2D eigenvalue weighted by molar-refractivity contribution is 0.0600. The van der Waals surface area contributed by atoms with Gasteiger partial charge in [-0.05, 0) is 6.07 Å². The van der Waals surface area contributed by atoms with E-state index in [-0.39, 0.29) is 5.95 Å². The number of ether oxygens (including phenoxy) is 1. The quantitative estimate of drug-likeness (QED) is 0.726. The minimum absolute atomic E-state index is 0.0962. The zero-order valence-corrected chi connectivity index (χ0v) is 8.52. The van der Waals surface area contributed by atoms with Crippen LogP contribution in [0.1, 0.15) is 10.4 Å². The van der Waals surface area contributed by atoms with E-state index in [0.29, 0.717) is 16.2 Å². The first-order valence-electron chi connectivity index (χ1n) is 4.01. The number of aromatic nitrogens is 3. The fraction of sp³-hybridized carbons (Fsp3) is 0.125. The van der Waals surface area contributed by atoms with Crippen LogP contribution >= 0.6 is 11.6 Å². The van der Waals surface area contributed by atoms with Gasteiger partial charge >= 0.3 is 5.97 Å². The number of nitrogens with zero attached hydrogens (tertiary/aromatic N) is 3. The van der Waals surface area contributed by atoms with Crippen LogP contribution in [0.2, 0.25) is 5.02 Å². The smallest absolute Gasteiger partial charge is 0.339 e. The third-order valence-electron chi connectivity index (χ3n) is 1.83. The number of rotatable bonds is 1. The maximum absolute atomic E-state index is 11.2. The predicted octanol–water partition coefficient (Wildman–Crippen LogP) is 0.751. The molecule has 7 heteroatoms. The third-order valence-corrected chi connectivity index (χ3v) is 2.10. The van der Waals surface area contributed by atoms with Crippen molar-refractivity contribution in [2.24, 2.45) is 0 Å². The molecule has 2 rings (SSSR count). The summed E-state index contributed by atoms with van der Waals surface area (Å²) in [5.74, 6) is -0.396. The zero-order chi connectivity index (χ0) is 11.0. The molecule has 2 N–H and O–H groups in total. The lowest BCUT2D eigenvalue weighted by atomic mass is 10.3. The maximum atomic E-state index is 11.2. The van der Waals surface area contributed by atoms with Crippen LogP contribution in [0.5, 0.6) is 0 Å². The zero-order valence-electron chi connectivity index (χ0n) is 7.77. The van der Waals surface area contributed by atoms with Crippen LogP contribution < -0.4 is 5.73 Å². The van der Waals surface area contributed by atoms with Crippen LogP contribution in [0.3, 0.4) is 0 Å². The lowest BCUT2D eigenvalue weighted by Gasteiger charge is -2.00. The molecule has 0 unspecified atom stereocenters. The van der Waals surface area contributed by atoms with Crippen molar-refractivity contribution in [3.8, 4) is 0 Å². The number of nitrogen functional groups attached to an aromatic ring is 1. The van der Waals surface area contributed by atoms with Crippen molar-refractivity contribution in [1.29, 1.82) is 0 Å². The second-order valence-corrected chi connectivity index (χ2v) is 3.21. The molecule has 0 saturated carbocycles. The molecule has 78 valence electrons. The number of fused-ring (bicyclic) bond motifs is 1. The summed E-state index contributed by atoms with van der Waals surface area (Å²) in [6.45, 7) is 0. The summed E-state index contributed by atoms with van der Waals surface area (Å²) in [4.78, 5) is 15.1. The number of pyridine rings is 1.